The predicted molar refractivity (Wildman–Crippen MR) is 70.0 cm³/mol. The molecule has 1 aromatic heterocycles. The van der Waals surface area contributed by atoms with Gasteiger partial charge in [-0.2, -0.15) is 0 Å². The number of carboxylic acid groups (broad SMARTS) is 1. The molecule has 0 spiro atoms. The molecule has 102 valence electrons. The Morgan fingerprint density at radius 1 is 1.53 bits per heavy atom. The fourth-order valence-corrected chi connectivity index (χ4v) is 2.29. The Labute approximate surface area is 111 Å². The lowest BCUT2D eigenvalue weighted by atomic mass is 9.83. The van der Waals surface area contributed by atoms with E-state index in [2.05, 4.69) is 15.6 Å². The van der Waals surface area contributed by atoms with Gasteiger partial charge in [-0.3, -0.25) is 9.78 Å². The number of carbonyl (C=O) groups is 2. The van der Waals surface area contributed by atoms with Crippen molar-refractivity contribution >= 4 is 17.6 Å². The summed E-state index contributed by atoms with van der Waals surface area (Å²) in [5.41, 5.74) is 0.0803. The van der Waals surface area contributed by atoms with Gasteiger partial charge in [-0.25, -0.2) is 4.79 Å². The highest BCUT2D eigenvalue weighted by Gasteiger charge is 2.39. The Balaban J connectivity index is 2.14. The van der Waals surface area contributed by atoms with E-state index >= 15 is 0 Å². The molecule has 1 atom stereocenters. The van der Waals surface area contributed by atoms with Crippen LogP contribution in [0, 0.1) is 5.41 Å². The van der Waals surface area contributed by atoms with Crippen LogP contribution in [0.2, 0.25) is 0 Å². The molecule has 2 rings (SSSR count). The van der Waals surface area contributed by atoms with E-state index in [1.165, 1.54) is 18.5 Å². The molecule has 0 bridgehead atoms. The van der Waals surface area contributed by atoms with Gasteiger partial charge in [0, 0.05) is 12.7 Å². The van der Waals surface area contributed by atoms with Crippen molar-refractivity contribution < 1.29 is 14.7 Å². The van der Waals surface area contributed by atoms with Gasteiger partial charge in [0.25, 0.3) is 0 Å². The maximum atomic E-state index is 12.3. The number of carboxylic acids is 1. The lowest BCUT2D eigenvalue weighted by molar-refractivity contribution is -0.124. The zero-order valence-corrected chi connectivity index (χ0v) is 10.8. The minimum Gasteiger partial charge on any atom is -0.478 e. The van der Waals surface area contributed by atoms with Crippen molar-refractivity contribution in [2.75, 3.05) is 18.4 Å². The van der Waals surface area contributed by atoms with E-state index < -0.39 is 11.4 Å². The third-order valence-electron chi connectivity index (χ3n) is 3.65. The first-order chi connectivity index (χ1) is 9.07. The van der Waals surface area contributed by atoms with Crippen LogP contribution in [0.1, 0.15) is 30.1 Å². The molecular weight excluding hydrogens is 246 g/mol. The zero-order valence-electron chi connectivity index (χ0n) is 10.8. The lowest BCUT2D eigenvalue weighted by Crippen LogP contribution is -2.37. The number of amides is 1. The van der Waals surface area contributed by atoms with Gasteiger partial charge in [0.1, 0.15) is 0 Å². The van der Waals surface area contributed by atoms with Crippen LogP contribution >= 0.6 is 0 Å². The smallest absolute Gasteiger partial charge is 0.337 e. The summed E-state index contributed by atoms with van der Waals surface area (Å²) in [5.74, 6) is -1.14. The summed E-state index contributed by atoms with van der Waals surface area (Å²) < 4.78 is 0. The molecule has 1 aliphatic rings. The van der Waals surface area contributed by atoms with E-state index in [-0.39, 0.29) is 11.5 Å². The summed E-state index contributed by atoms with van der Waals surface area (Å²) in [6.07, 6.45) is 4.25. The van der Waals surface area contributed by atoms with Crippen molar-refractivity contribution in [1.82, 2.24) is 10.3 Å². The van der Waals surface area contributed by atoms with Crippen LogP contribution < -0.4 is 10.6 Å². The summed E-state index contributed by atoms with van der Waals surface area (Å²) in [6, 6.07) is 1.42. The van der Waals surface area contributed by atoms with E-state index in [1.807, 2.05) is 6.92 Å². The van der Waals surface area contributed by atoms with E-state index in [1.54, 1.807) is 0 Å². The second-order valence-electron chi connectivity index (χ2n) is 4.78. The lowest BCUT2D eigenvalue weighted by Gasteiger charge is -2.25. The normalized spacial score (nSPS) is 22.2. The Morgan fingerprint density at radius 2 is 2.32 bits per heavy atom. The first-order valence-electron chi connectivity index (χ1n) is 6.28. The van der Waals surface area contributed by atoms with Crippen molar-refractivity contribution in [3.05, 3.63) is 24.0 Å². The van der Waals surface area contributed by atoms with Crippen molar-refractivity contribution in [3.8, 4) is 0 Å². The summed E-state index contributed by atoms with van der Waals surface area (Å²) in [4.78, 5) is 27.0. The van der Waals surface area contributed by atoms with Crippen LogP contribution in [0.15, 0.2) is 18.5 Å². The maximum absolute atomic E-state index is 12.3. The van der Waals surface area contributed by atoms with Gasteiger partial charge in [0.2, 0.25) is 5.91 Å². The second kappa shape index (κ2) is 5.36. The van der Waals surface area contributed by atoms with Crippen molar-refractivity contribution in [1.29, 1.82) is 0 Å². The highest BCUT2D eigenvalue weighted by Crippen LogP contribution is 2.30. The Bertz CT molecular complexity index is 496. The van der Waals surface area contributed by atoms with Crippen LogP contribution in [0.25, 0.3) is 0 Å². The molecule has 0 aliphatic carbocycles. The average molecular weight is 263 g/mol. The number of carbonyl (C=O) groups excluding carboxylic acids is 1. The third-order valence-corrected chi connectivity index (χ3v) is 3.65. The van der Waals surface area contributed by atoms with E-state index in [0.29, 0.717) is 12.2 Å². The summed E-state index contributed by atoms with van der Waals surface area (Å²) in [6.45, 7) is 3.47. The number of pyridine rings is 1. The monoisotopic (exact) mass is 263 g/mol. The van der Waals surface area contributed by atoms with Crippen LogP contribution in [0.4, 0.5) is 5.69 Å². The number of rotatable bonds is 4. The molecule has 19 heavy (non-hydrogen) atoms. The minimum atomic E-state index is -1.06. The highest BCUT2D eigenvalue weighted by atomic mass is 16.4. The maximum Gasteiger partial charge on any atom is 0.337 e. The van der Waals surface area contributed by atoms with Crippen molar-refractivity contribution in [2.24, 2.45) is 5.41 Å². The van der Waals surface area contributed by atoms with Gasteiger partial charge >= 0.3 is 5.97 Å². The van der Waals surface area contributed by atoms with Crippen LogP contribution in [0.3, 0.4) is 0 Å². The molecule has 1 saturated heterocycles. The fraction of sp³-hybridized carbons (Fsp3) is 0.462. The molecule has 1 amide bonds. The van der Waals surface area contributed by atoms with Crippen molar-refractivity contribution in [3.63, 3.8) is 0 Å². The SMILES string of the molecule is CCC1(C(=O)Nc2cncc(C(=O)O)c2)CCNC1. The number of aromatic nitrogens is 1. The standard InChI is InChI=1S/C13H17N3O3/c1-2-13(3-4-14-8-13)12(19)16-10-5-9(11(17)18)6-15-7-10/h5-7,14H,2-4,8H2,1H3,(H,16,19)(H,17,18). The van der Waals surface area contributed by atoms with E-state index in [0.717, 1.165) is 19.4 Å². The molecule has 0 saturated carbocycles. The molecular formula is C13H17N3O3. The predicted octanol–water partition coefficient (Wildman–Crippen LogP) is 1.11. The first kappa shape index (κ1) is 13.5. The molecule has 1 fully saturated rings. The minimum absolute atomic E-state index is 0.0629. The quantitative estimate of drug-likeness (QED) is 0.757. The molecule has 1 aliphatic heterocycles. The molecule has 6 heteroatoms. The average Bonchev–Trinajstić information content (AvgIpc) is 2.89. The molecule has 1 unspecified atom stereocenters. The van der Waals surface area contributed by atoms with Gasteiger partial charge in [-0.05, 0) is 25.5 Å². The molecule has 0 aromatic carbocycles. The van der Waals surface area contributed by atoms with Crippen molar-refractivity contribution in [2.45, 2.75) is 19.8 Å². The van der Waals surface area contributed by atoms with Gasteiger partial charge < -0.3 is 15.7 Å². The third kappa shape index (κ3) is 2.73. The van der Waals surface area contributed by atoms with Gasteiger partial charge in [0.15, 0.2) is 0 Å². The van der Waals surface area contributed by atoms with E-state index in [4.69, 9.17) is 5.11 Å². The van der Waals surface area contributed by atoms with E-state index in [9.17, 15) is 9.59 Å². The Hall–Kier alpha value is -1.95. The number of hydrogen-bond acceptors (Lipinski definition) is 4. The summed E-state index contributed by atoms with van der Waals surface area (Å²) >= 11 is 0. The second-order valence-corrected chi connectivity index (χ2v) is 4.78. The molecule has 2 heterocycles. The Kier molecular flexibility index (Phi) is 3.80. The van der Waals surface area contributed by atoms with Gasteiger partial charge in [0.05, 0.1) is 22.9 Å². The number of nitrogens with one attached hydrogen (secondary N) is 2. The number of nitrogens with zero attached hydrogens (tertiary/aromatic N) is 1. The number of anilines is 1. The highest BCUT2D eigenvalue weighted by molar-refractivity contribution is 5.97. The molecule has 0 radical (unpaired) electrons. The van der Waals surface area contributed by atoms with Gasteiger partial charge in [-0.1, -0.05) is 6.92 Å². The number of aromatic carboxylic acids is 1. The first-order valence-corrected chi connectivity index (χ1v) is 6.28. The molecule has 6 nitrogen and oxygen atoms in total. The zero-order chi connectivity index (χ0) is 13.9. The van der Waals surface area contributed by atoms with Crippen LogP contribution in [-0.2, 0) is 4.79 Å². The molecule has 3 N–H and O–H groups in total. The fourth-order valence-electron chi connectivity index (χ4n) is 2.29. The molecule has 1 aromatic rings. The van der Waals surface area contributed by atoms with Crippen LogP contribution in [0.5, 0.6) is 0 Å². The Morgan fingerprint density at radius 3 is 2.89 bits per heavy atom. The van der Waals surface area contributed by atoms with Gasteiger partial charge in [-0.15, -0.1) is 0 Å². The summed E-state index contributed by atoms with van der Waals surface area (Å²) in [5, 5.41) is 14.8. The topological polar surface area (TPSA) is 91.3 Å². The van der Waals surface area contributed by atoms with Crippen LogP contribution in [-0.4, -0.2) is 35.1 Å². The summed E-state index contributed by atoms with van der Waals surface area (Å²) in [7, 11) is 0. The number of hydrogen-bond donors (Lipinski definition) is 3. The largest absolute Gasteiger partial charge is 0.478 e.